The molecular formula is C22H40O4. The van der Waals surface area contributed by atoms with E-state index in [1.165, 1.54) is 51.4 Å². The molecule has 0 spiro atoms. The van der Waals surface area contributed by atoms with Gasteiger partial charge in [-0.1, -0.05) is 13.8 Å². The topological polar surface area (TPSA) is 36.9 Å². The molecule has 0 N–H and O–H groups in total. The molecule has 0 bridgehead atoms. The van der Waals surface area contributed by atoms with E-state index in [1.807, 2.05) is 14.2 Å². The molecular weight excluding hydrogens is 328 g/mol. The van der Waals surface area contributed by atoms with Crippen LogP contribution in [-0.2, 0) is 18.9 Å². The minimum absolute atomic E-state index is 0.379. The highest BCUT2D eigenvalue weighted by molar-refractivity contribution is 4.93. The van der Waals surface area contributed by atoms with Crippen molar-refractivity contribution < 1.29 is 18.9 Å². The maximum Gasteiger partial charge on any atom is 0.0606 e. The van der Waals surface area contributed by atoms with Gasteiger partial charge in [-0.2, -0.15) is 0 Å². The predicted molar refractivity (Wildman–Crippen MR) is 103 cm³/mol. The molecule has 3 rings (SSSR count). The summed E-state index contributed by atoms with van der Waals surface area (Å²) in [7, 11) is 3.80. The summed E-state index contributed by atoms with van der Waals surface area (Å²) < 4.78 is 23.0. The fourth-order valence-corrected chi connectivity index (χ4v) is 5.34. The first kappa shape index (κ1) is 20.6. The fraction of sp³-hybridized carbons (Fsp3) is 1.00. The molecule has 26 heavy (non-hydrogen) atoms. The Hall–Kier alpha value is -0.160. The zero-order chi connectivity index (χ0) is 18.6. The molecule has 0 amide bonds. The maximum absolute atomic E-state index is 5.97. The second-order valence-electron chi connectivity index (χ2n) is 9.32. The summed E-state index contributed by atoms with van der Waals surface area (Å²) in [5, 5.41) is 0. The Morgan fingerprint density at radius 3 is 1.27 bits per heavy atom. The van der Waals surface area contributed by atoms with Crippen LogP contribution in [0.25, 0.3) is 0 Å². The third-order valence-electron chi connectivity index (χ3n) is 7.87. The molecule has 2 atom stereocenters. The number of rotatable bonds is 10. The summed E-state index contributed by atoms with van der Waals surface area (Å²) in [5.41, 5.74) is 0.759. The molecule has 0 radical (unpaired) electrons. The van der Waals surface area contributed by atoms with Crippen molar-refractivity contribution in [1.29, 1.82) is 0 Å². The molecule has 3 aliphatic rings. The molecule has 0 aromatic heterocycles. The number of ether oxygens (including phenoxy) is 4. The first-order chi connectivity index (χ1) is 12.6. The molecule has 2 aliphatic heterocycles. The molecule has 2 saturated heterocycles. The molecule has 3 fully saturated rings. The Labute approximate surface area is 160 Å². The minimum Gasteiger partial charge on any atom is -0.381 e. The van der Waals surface area contributed by atoms with Gasteiger partial charge in [0.1, 0.15) is 0 Å². The standard InChI is InChI=1S/C22H40O4/c1-5-21(13-25-14-21)11-19(23-3)17-7-9-18(10-8-17)20(24-4)12-22(6-2)15-26-16-22/h17-20H,5-16H2,1-4H3. The molecule has 1 aliphatic carbocycles. The largest absolute Gasteiger partial charge is 0.381 e. The predicted octanol–water partition coefficient (Wildman–Crippen LogP) is 4.46. The number of hydrogen-bond acceptors (Lipinski definition) is 4. The van der Waals surface area contributed by atoms with E-state index in [-0.39, 0.29) is 0 Å². The molecule has 2 unspecified atom stereocenters. The van der Waals surface area contributed by atoms with Crippen molar-refractivity contribution >= 4 is 0 Å². The smallest absolute Gasteiger partial charge is 0.0606 e. The van der Waals surface area contributed by atoms with Crippen LogP contribution in [-0.4, -0.2) is 52.9 Å². The SMILES string of the molecule is CCC1(CC(OC)C2CCC(C(CC3(CC)COC3)OC)CC2)COC1. The van der Waals surface area contributed by atoms with Gasteiger partial charge in [-0.05, 0) is 63.2 Å². The van der Waals surface area contributed by atoms with Crippen molar-refractivity contribution in [3.63, 3.8) is 0 Å². The van der Waals surface area contributed by atoms with Gasteiger partial charge in [-0.15, -0.1) is 0 Å². The number of hydrogen-bond donors (Lipinski definition) is 0. The third-order valence-corrected chi connectivity index (χ3v) is 7.87. The lowest BCUT2D eigenvalue weighted by molar-refractivity contribution is -0.150. The van der Waals surface area contributed by atoms with Crippen molar-refractivity contribution in [1.82, 2.24) is 0 Å². The van der Waals surface area contributed by atoms with Gasteiger partial charge in [0, 0.05) is 25.0 Å². The normalized spacial score (nSPS) is 32.3. The quantitative estimate of drug-likeness (QED) is 0.571. The van der Waals surface area contributed by atoms with Crippen LogP contribution in [0.5, 0.6) is 0 Å². The Morgan fingerprint density at radius 2 is 1.08 bits per heavy atom. The molecule has 152 valence electrons. The van der Waals surface area contributed by atoms with E-state index < -0.39 is 0 Å². The van der Waals surface area contributed by atoms with Gasteiger partial charge < -0.3 is 18.9 Å². The summed E-state index contributed by atoms with van der Waals surface area (Å²) >= 11 is 0. The highest BCUT2D eigenvalue weighted by Crippen LogP contribution is 2.44. The summed E-state index contributed by atoms with van der Waals surface area (Å²) in [6.07, 6.45) is 10.6. The van der Waals surface area contributed by atoms with Crippen molar-refractivity contribution in [3.8, 4) is 0 Å². The van der Waals surface area contributed by atoms with Crippen molar-refractivity contribution in [2.24, 2.45) is 22.7 Å². The lowest BCUT2D eigenvalue weighted by Gasteiger charge is -2.46. The molecule has 1 saturated carbocycles. The van der Waals surface area contributed by atoms with Gasteiger partial charge in [-0.3, -0.25) is 0 Å². The molecule has 2 heterocycles. The van der Waals surface area contributed by atoms with Crippen molar-refractivity contribution in [2.75, 3.05) is 40.6 Å². The Bertz CT molecular complexity index is 371. The highest BCUT2D eigenvalue weighted by Gasteiger charge is 2.44. The van der Waals surface area contributed by atoms with E-state index in [2.05, 4.69) is 13.8 Å². The van der Waals surface area contributed by atoms with E-state index >= 15 is 0 Å². The molecule has 0 aromatic rings. The van der Waals surface area contributed by atoms with Crippen LogP contribution in [0.1, 0.15) is 65.2 Å². The average molecular weight is 369 g/mol. The van der Waals surface area contributed by atoms with E-state index in [9.17, 15) is 0 Å². The fourth-order valence-electron chi connectivity index (χ4n) is 5.34. The Morgan fingerprint density at radius 1 is 0.731 bits per heavy atom. The van der Waals surface area contributed by atoms with Crippen LogP contribution >= 0.6 is 0 Å². The van der Waals surface area contributed by atoms with Crippen LogP contribution in [0.3, 0.4) is 0 Å². The lowest BCUT2D eigenvalue weighted by Crippen LogP contribution is -2.47. The Kier molecular flexibility index (Phi) is 7.04. The van der Waals surface area contributed by atoms with Crippen LogP contribution in [0.4, 0.5) is 0 Å². The lowest BCUT2D eigenvalue weighted by atomic mass is 9.69. The van der Waals surface area contributed by atoms with E-state index in [1.54, 1.807) is 0 Å². The summed E-state index contributed by atoms with van der Waals surface area (Å²) in [5.74, 6) is 1.40. The van der Waals surface area contributed by atoms with E-state index in [0.717, 1.165) is 26.4 Å². The number of methoxy groups -OCH3 is 2. The average Bonchev–Trinajstić information content (AvgIpc) is 2.62. The van der Waals surface area contributed by atoms with E-state index in [0.29, 0.717) is 34.9 Å². The first-order valence-electron chi connectivity index (χ1n) is 10.8. The van der Waals surface area contributed by atoms with Crippen LogP contribution in [0.2, 0.25) is 0 Å². The van der Waals surface area contributed by atoms with E-state index in [4.69, 9.17) is 18.9 Å². The second kappa shape index (κ2) is 8.89. The van der Waals surface area contributed by atoms with Gasteiger partial charge in [0.15, 0.2) is 0 Å². The molecule has 4 nitrogen and oxygen atoms in total. The minimum atomic E-state index is 0.379. The van der Waals surface area contributed by atoms with Gasteiger partial charge in [0.05, 0.1) is 38.6 Å². The van der Waals surface area contributed by atoms with Gasteiger partial charge in [0.2, 0.25) is 0 Å². The third kappa shape index (κ3) is 4.29. The van der Waals surface area contributed by atoms with Crippen LogP contribution in [0, 0.1) is 22.7 Å². The highest BCUT2D eigenvalue weighted by atomic mass is 16.5. The second-order valence-corrected chi connectivity index (χ2v) is 9.32. The Balaban J connectivity index is 1.50. The van der Waals surface area contributed by atoms with Crippen molar-refractivity contribution in [3.05, 3.63) is 0 Å². The maximum atomic E-state index is 5.97. The zero-order valence-corrected chi connectivity index (χ0v) is 17.4. The van der Waals surface area contributed by atoms with Gasteiger partial charge in [-0.25, -0.2) is 0 Å². The summed E-state index contributed by atoms with van der Waals surface area (Å²) in [6.45, 7) is 8.28. The van der Waals surface area contributed by atoms with Gasteiger partial charge >= 0.3 is 0 Å². The molecule has 0 aromatic carbocycles. The monoisotopic (exact) mass is 368 g/mol. The van der Waals surface area contributed by atoms with Crippen molar-refractivity contribution in [2.45, 2.75) is 77.4 Å². The summed E-state index contributed by atoms with van der Waals surface area (Å²) in [6, 6.07) is 0. The van der Waals surface area contributed by atoms with Gasteiger partial charge in [0.25, 0.3) is 0 Å². The zero-order valence-electron chi connectivity index (χ0n) is 17.4. The van der Waals surface area contributed by atoms with Crippen LogP contribution in [0.15, 0.2) is 0 Å². The summed E-state index contributed by atoms with van der Waals surface area (Å²) in [4.78, 5) is 0. The van der Waals surface area contributed by atoms with Crippen LogP contribution < -0.4 is 0 Å². The molecule has 4 heteroatoms. The first-order valence-corrected chi connectivity index (χ1v) is 10.8.